The first-order valence-electron chi connectivity index (χ1n) is 4.69. The van der Waals surface area contributed by atoms with Crippen molar-refractivity contribution in [1.29, 1.82) is 0 Å². The molecule has 0 spiro atoms. The third-order valence-corrected chi connectivity index (χ3v) is 2.50. The van der Waals surface area contributed by atoms with Crippen LogP contribution in [-0.2, 0) is 9.59 Å². The summed E-state index contributed by atoms with van der Waals surface area (Å²) in [5.74, 6) is -1.05. The average molecular weight is 273 g/mol. The molecule has 0 atom stereocenters. The van der Waals surface area contributed by atoms with Gasteiger partial charge in [0.25, 0.3) is 0 Å². The van der Waals surface area contributed by atoms with Crippen molar-refractivity contribution in [3.05, 3.63) is 39.9 Å². The molecule has 90 valence electrons. The predicted molar refractivity (Wildman–Crippen MR) is 67.7 cm³/mol. The van der Waals surface area contributed by atoms with E-state index in [1.807, 2.05) is 0 Å². The van der Waals surface area contributed by atoms with Crippen LogP contribution in [0.5, 0.6) is 0 Å². The molecule has 1 aromatic rings. The lowest BCUT2D eigenvalue weighted by molar-refractivity contribution is -0.122. The van der Waals surface area contributed by atoms with Crippen LogP contribution >= 0.6 is 23.2 Å². The van der Waals surface area contributed by atoms with E-state index in [4.69, 9.17) is 28.9 Å². The Morgan fingerprint density at radius 2 is 1.88 bits per heavy atom. The molecular weight excluding hydrogens is 263 g/mol. The molecule has 0 radical (unpaired) electrons. The summed E-state index contributed by atoms with van der Waals surface area (Å²) in [6.07, 6.45) is 2.71. The summed E-state index contributed by atoms with van der Waals surface area (Å²) in [4.78, 5) is 21.7. The van der Waals surface area contributed by atoms with Gasteiger partial charge >= 0.3 is 0 Å². The second-order valence-electron chi connectivity index (χ2n) is 3.15. The van der Waals surface area contributed by atoms with Gasteiger partial charge in [0, 0.05) is 21.7 Å². The number of hydrogen-bond donors (Lipinski definition) is 2. The lowest BCUT2D eigenvalue weighted by atomic mass is 10.2. The van der Waals surface area contributed by atoms with Crippen molar-refractivity contribution in [2.24, 2.45) is 5.73 Å². The molecule has 0 unspecified atom stereocenters. The number of hydrogen-bond acceptors (Lipinski definition) is 2. The quantitative estimate of drug-likeness (QED) is 0.818. The Morgan fingerprint density at radius 1 is 1.29 bits per heavy atom. The smallest absolute Gasteiger partial charge is 0.244 e. The van der Waals surface area contributed by atoms with Gasteiger partial charge in [-0.3, -0.25) is 9.59 Å². The number of benzene rings is 1. The van der Waals surface area contributed by atoms with Crippen LogP contribution in [0.4, 0.5) is 0 Å². The maximum Gasteiger partial charge on any atom is 0.244 e. The van der Waals surface area contributed by atoms with Crippen molar-refractivity contribution in [3.63, 3.8) is 0 Å². The lowest BCUT2D eigenvalue weighted by Crippen LogP contribution is -2.32. The van der Waals surface area contributed by atoms with Crippen molar-refractivity contribution in [2.45, 2.75) is 0 Å². The number of primary amides is 1. The summed E-state index contributed by atoms with van der Waals surface area (Å²) < 4.78 is 0. The maximum atomic E-state index is 11.3. The van der Waals surface area contributed by atoms with Gasteiger partial charge in [0.15, 0.2) is 0 Å². The van der Waals surface area contributed by atoms with Crippen LogP contribution in [0.3, 0.4) is 0 Å². The Bertz CT molecular complexity index is 452. The van der Waals surface area contributed by atoms with Crippen molar-refractivity contribution in [1.82, 2.24) is 5.32 Å². The second-order valence-corrected chi connectivity index (χ2v) is 3.97. The highest BCUT2D eigenvalue weighted by Crippen LogP contribution is 2.25. The van der Waals surface area contributed by atoms with E-state index < -0.39 is 11.8 Å². The van der Waals surface area contributed by atoms with Crippen molar-refractivity contribution in [2.75, 3.05) is 6.54 Å². The normalized spacial score (nSPS) is 10.5. The third-order valence-electron chi connectivity index (χ3n) is 1.84. The van der Waals surface area contributed by atoms with Crippen LogP contribution in [0.25, 0.3) is 6.08 Å². The van der Waals surface area contributed by atoms with Crippen molar-refractivity contribution in [3.8, 4) is 0 Å². The zero-order valence-electron chi connectivity index (χ0n) is 8.74. The Balaban J connectivity index is 2.70. The second kappa shape index (κ2) is 6.27. The standard InChI is InChI=1S/C11H10Cl2N2O2/c12-8-2-1-3-9(13)7(8)4-5-11(17)15-6-10(14)16/h1-5H,6H2,(H2,14,16)(H,15,17). The van der Waals surface area contributed by atoms with Crippen molar-refractivity contribution < 1.29 is 9.59 Å². The predicted octanol–water partition coefficient (Wildman–Crippen LogP) is 1.61. The minimum absolute atomic E-state index is 0.209. The van der Waals surface area contributed by atoms with Gasteiger partial charge in [-0.25, -0.2) is 0 Å². The van der Waals surface area contributed by atoms with Gasteiger partial charge in [-0.1, -0.05) is 29.3 Å². The molecule has 0 aliphatic heterocycles. The van der Waals surface area contributed by atoms with Crippen LogP contribution in [0.1, 0.15) is 5.56 Å². The minimum Gasteiger partial charge on any atom is -0.368 e. The zero-order chi connectivity index (χ0) is 12.8. The van der Waals surface area contributed by atoms with E-state index in [2.05, 4.69) is 5.32 Å². The number of rotatable bonds is 4. The summed E-state index contributed by atoms with van der Waals surface area (Å²) in [6, 6.07) is 5.03. The molecule has 0 bridgehead atoms. The fraction of sp³-hybridized carbons (Fsp3) is 0.0909. The van der Waals surface area contributed by atoms with Gasteiger partial charge in [-0.05, 0) is 18.2 Å². The van der Waals surface area contributed by atoms with E-state index in [9.17, 15) is 9.59 Å². The van der Waals surface area contributed by atoms with E-state index in [1.165, 1.54) is 12.2 Å². The van der Waals surface area contributed by atoms with E-state index in [1.54, 1.807) is 18.2 Å². The summed E-state index contributed by atoms with van der Waals surface area (Å²) in [5, 5.41) is 3.19. The highest BCUT2D eigenvalue weighted by Gasteiger charge is 2.03. The number of carbonyl (C=O) groups is 2. The average Bonchev–Trinajstić information content (AvgIpc) is 2.25. The molecule has 0 heterocycles. The van der Waals surface area contributed by atoms with Gasteiger partial charge < -0.3 is 11.1 Å². The SMILES string of the molecule is NC(=O)CNC(=O)C=Cc1c(Cl)cccc1Cl. The number of nitrogens with two attached hydrogens (primary N) is 1. The number of nitrogens with one attached hydrogen (secondary N) is 1. The first kappa shape index (κ1) is 13.5. The molecule has 6 heteroatoms. The van der Waals surface area contributed by atoms with Gasteiger partial charge in [0.2, 0.25) is 11.8 Å². The van der Waals surface area contributed by atoms with E-state index in [-0.39, 0.29) is 6.54 Å². The first-order valence-corrected chi connectivity index (χ1v) is 5.44. The summed E-state index contributed by atoms with van der Waals surface area (Å²) in [6.45, 7) is -0.209. The largest absolute Gasteiger partial charge is 0.368 e. The highest BCUT2D eigenvalue weighted by atomic mass is 35.5. The molecule has 0 aliphatic rings. The topological polar surface area (TPSA) is 72.2 Å². The third kappa shape index (κ3) is 4.46. The molecule has 1 aromatic carbocycles. The van der Waals surface area contributed by atoms with Gasteiger partial charge in [0.1, 0.15) is 0 Å². The molecule has 1 rings (SSSR count). The van der Waals surface area contributed by atoms with Gasteiger partial charge in [-0.2, -0.15) is 0 Å². The molecule has 0 saturated heterocycles. The summed E-state index contributed by atoms with van der Waals surface area (Å²) in [5.41, 5.74) is 5.42. The van der Waals surface area contributed by atoms with Crippen LogP contribution in [0, 0.1) is 0 Å². The molecule has 3 N–H and O–H groups in total. The Hall–Kier alpha value is -1.52. The molecular formula is C11H10Cl2N2O2. The molecule has 0 saturated carbocycles. The minimum atomic E-state index is -0.609. The molecule has 17 heavy (non-hydrogen) atoms. The molecule has 4 nitrogen and oxygen atoms in total. The van der Waals surface area contributed by atoms with E-state index in [0.29, 0.717) is 15.6 Å². The van der Waals surface area contributed by atoms with Crippen LogP contribution < -0.4 is 11.1 Å². The van der Waals surface area contributed by atoms with Crippen LogP contribution in [-0.4, -0.2) is 18.4 Å². The van der Waals surface area contributed by atoms with Crippen LogP contribution in [0.2, 0.25) is 10.0 Å². The lowest BCUT2D eigenvalue weighted by Gasteiger charge is -2.01. The summed E-state index contributed by atoms with van der Waals surface area (Å²) >= 11 is 11.8. The zero-order valence-corrected chi connectivity index (χ0v) is 10.3. The number of amides is 2. The first-order chi connectivity index (χ1) is 8.00. The van der Waals surface area contributed by atoms with Crippen molar-refractivity contribution >= 4 is 41.1 Å². The summed E-state index contributed by atoms with van der Waals surface area (Å²) in [7, 11) is 0. The van der Waals surface area contributed by atoms with Gasteiger partial charge in [-0.15, -0.1) is 0 Å². The maximum absolute atomic E-state index is 11.3. The Kier molecular flexibility index (Phi) is 5.00. The van der Waals surface area contributed by atoms with Crippen LogP contribution in [0.15, 0.2) is 24.3 Å². The number of carbonyl (C=O) groups excluding carboxylic acids is 2. The van der Waals surface area contributed by atoms with E-state index >= 15 is 0 Å². The van der Waals surface area contributed by atoms with E-state index in [0.717, 1.165) is 0 Å². The molecule has 0 fully saturated rings. The highest BCUT2D eigenvalue weighted by molar-refractivity contribution is 6.37. The molecule has 2 amide bonds. The fourth-order valence-corrected chi connectivity index (χ4v) is 1.59. The molecule has 0 aliphatic carbocycles. The monoisotopic (exact) mass is 272 g/mol. The van der Waals surface area contributed by atoms with Gasteiger partial charge in [0.05, 0.1) is 6.54 Å². The Labute approximate surface area is 108 Å². The fourth-order valence-electron chi connectivity index (χ4n) is 1.06. The molecule has 0 aromatic heterocycles. The Morgan fingerprint density at radius 3 is 2.41 bits per heavy atom. The number of halogens is 2.